The Bertz CT molecular complexity index is 926. The van der Waals surface area contributed by atoms with E-state index < -0.39 is 0 Å². The molecule has 2 unspecified atom stereocenters. The van der Waals surface area contributed by atoms with Gasteiger partial charge in [0.15, 0.2) is 0 Å². The molecule has 142 valence electrons. The highest BCUT2D eigenvalue weighted by molar-refractivity contribution is 5.86. The summed E-state index contributed by atoms with van der Waals surface area (Å²) < 4.78 is 11.2. The highest BCUT2D eigenvalue weighted by atomic mass is 16.5. The molecule has 1 aliphatic heterocycles. The number of hydrogen-bond donors (Lipinski definition) is 1. The van der Waals surface area contributed by atoms with Gasteiger partial charge >= 0.3 is 0 Å². The van der Waals surface area contributed by atoms with Crippen LogP contribution in [0.15, 0.2) is 89.9 Å². The van der Waals surface area contributed by atoms with E-state index in [2.05, 4.69) is 53.8 Å². The van der Waals surface area contributed by atoms with Gasteiger partial charge in [-0.05, 0) is 28.8 Å². The highest BCUT2D eigenvalue weighted by Crippen LogP contribution is 2.35. The lowest BCUT2D eigenvalue weighted by molar-refractivity contribution is 0.156. The van der Waals surface area contributed by atoms with Crippen molar-refractivity contribution in [2.24, 2.45) is 4.99 Å². The van der Waals surface area contributed by atoms with Crippen molar-refractivity contribution in [1.82, 2.24) is 5.32 Å². The maximum atomic E-state index is 5.92. The van der Waals surface area contributed by atoms with Crippen LogP contribution in [0, 0.1) is 0 Å². The van der Waals surface area contributed by atoms with Crippen LogP contribution in [0.2, 0.25) is 0 Å². The van der Waals surface area contributed by atoms with E-state index in [4.69, 9.17) is 14.5 Å². The van der Waals surface area contributed by atoms with E-state index in [1.165, 1.54) is 11.1 Å². The van der Waals surface area contributed by atoms with Gasteiger partial charge in [0.25, 0.3) is 0 Å². The molecular formula is C24H24N2O2. The Morgan fingerprint density at radius 1 is 0.821 bits per heavy atom. The maximum absolute atomic E-state index is 5.92. The van der Waals surface area contributed by atoms with E-state index in [1.54, 1.807) is 7.11 Å². The molecule has 0 saturated heterocycles. The first-order valence-electron chi connectivity index (χ1n) is 9.47. The van der Waals surface area contributed by atoms with Gasteiger partial charge in [0.1, 0.15) is 24.2 Å². The molecule has 0 bridgehead atoms. The zero-order valence-corrected chi connectivity index (χ0v) is 15.9. The Balaban J connectivity index is 1.46. The summed E-state index contributed by atoms with van der Waals surface area (Å²) in [5.74, 6) is 1.72. The van der Waals surface area contributed by atoms with E-state index in [-0.39, 0.29) is 12.1 Å². The summed E-state index contributed by atoms with van der Waals surface area (Å²) in [5.41, 5.74) is 3.51. The van der Waals surface area contributed by atoms with Crippen molar-refractivity contribution in [3.8, 4) is 5.75 Å². The van der Waals surface area contributed by atoms with E-state index in [0.717, 1.165) is 17.1 Å². The van der Waals surface area contributed by atoms with Crippen LogP contribution in [0.5, 0.6) is 5.75 Å². The van der Waals surface area contributed by atoms with E-state index in [9.17, 15) is 0 Å². The fourth-order valence-electron chi connectivity index (χ4n) is 3.49. The van der Waals surface area contributed by atoms with Crippen molar-refractivity contribution in [2.75, 3.05) is 13.7 Å². The lowest BCUT2D eigenvalue weighted by Crippen LogP contribution is -2.27. The highest BCUT2D eigenvalue weighted by Gasteiger charge is 2.30. The van der Waals surface area contributed by atoms with Crippen LogP contribution in [0.1, 0.15) is 28.8 Å². The molecule has 1 N–H and O–H groups in total. The topological polar surface area (TPSA) is 42.9 Å². The Labute approximate surface area is 165 Å². The van der Waals surface area contributed by atoms with Gasteiger partial charge < -0.3 is 14.8 Å². The second-order valence-electron chi connectivity index (χ2n) is 6.81. The lowest BCUT2D eigenvalue weighted by Gasteiger charge is -2.19. The molecule has 2 atom stereocenters. The van der Waals surface area contributed by atoms with Crippen LogP contribution in [-0.4, -0.2) is 19.6 Å². The minimum atomic E-state index is 0.0408. The van der Waals surface area contributed by atoms with Crippen LogP contribution in [-0.2, 0) is 11.3 Å². The second kappa shape index (κ2) is 8.72. The second-order valence-corrected chi connectivity index (χ2v) is 6.81. The number of hydrogen-bond acceptors (Lipinski definition) is 4. The van der Waals surface area contributed by atoms with Gasteiger partial charge in [-0.3, -0.25) is 4.99 Å². The van der Waals surface area contributed by atoms with Crippen LogP contribution in [0.25, 0.3) is 0 Å². The fourth-order valence-corrected chi connectivity index (χ4v) is 3.49. The molecule has 0 aromatic heterocycles. The number of rotatable bonds is 7. The predicted molar refractivity (Wildman–Crippen MR) is 112 cm³/mol. The molecule has 3 aromatic rings. The zero-order chi connectivity index (χ0) is 19.2. The molecule has 4 rings (SSSR count). The van der Waals surface area contributed by atoms with Crippen LogP contribution >= 0.6 is 0 Å². The van der Waals surface area contributed by atoms with Crippen molar-refractivity contribution < 1.29 is 9.47 Å². The summed E-state index contributed by atoms with van der Waals surface area (Å²) in [5, 5.41) is 3.56. The van der Waals surface area contributed by atoms with Crippen LogP contribution in [0.4, 0.5) is 0 Å². The number of methoxy groups -OCH3 is 1. The van der Waals surface area contributed by atoms with Gasteiger partial charge in [-0.15, -0.1) is 0 Å². The Hall–Kier alpha value is -3.11. The van der Waals surface area contributed by atoms with Gasteiger partial charge in [-0.25, -0.2) is 0 Å². The molecule has 0 aliphatic carbocycles. The first-order chi connectivity index (χ1) is 13.8. The van der Waals surface area contributed by atoms with Gasteiger partial charge in [0.2, 0.25) is 0 Å². The minimum Gasteiger partial charge on any atom is -0.497 e. The molecular weight excluding hydrogens is 348 g/mol. The number of nitrogens with one attached hydrogen (secondary N) is 1. The Kier molecular flexibility index (Phi) is 5.69. The largest absolute Gasteiger partial charge is 0.497 e. The average Bonchev–Trinajstić information content (AvgIpc) is 3.19. The molecule has 4 heteroatoms. The van der Waals surface area contributed by atoms with Gasteiger partial charge in [-0.2, -0.15) is 0 Å². The molecule has 0 fully saturated rings. The maximum Gasteiger partial charge on any atom is 0.124 e. The standard InChI is InChI=1S/C24H24N2O2/c1-27-21-14-8-9-18(15-21)16-28-17-22-25-23(19-10-4-2-5-11-19)24(26-22)20-12-6-3-7-13-20/h2-15,23-24H,16-17H2,1H3,(H,25,26). The Morgan fingerprint density at radius 2 is 1.54 bits per heavy atom. The van der Waals surface area contributed by atoms with E-state index >= 15 is 0 Å². The fraction of sp³-hybridized carbons (Fsp3) is 0.208. The van der Waals surface area contributed by atoms with E-state index in [0.29, 0.717) is 13.2 Å². The third-order valence-electron chi connectivity index (χ3n) is 4.87. The van der Waals surface area contributed by atoms with Crippen molar-refractivity contribution in [2.45, 2.75) is 18.7 Å². The molecule has 1 aliphatic rings. The summed E-state index contributed by atoms with van der Waals surface area (Å²) in [7, 11) is 1.67. The average molecular weight is 372 g/mol. The summed E-state index contributed by atoms with van der Waals surface area (Å²) in [6, 6.07) is 28.9. The van der Waals surface area contributed by atoms with Crippen LogP contribution < -0.4 is 10.1 Å². The summed E-state index contributed by atoms with van der Waals surface area (Å²) in [4.78, 5) is 4.94. The lowest BCUT2D eigenvalue weighted by atomic mass is 9.95. The van der Waals surface area contributed by atoms with Crippen molar-refractivity contribution in [1.29, 1.82) is 0 Å². The smallest absolute Gasteiger partial charge is 0.124 e. The number of amidine groups is 1. The van der Waals surface area contributed by atoms with Gasteiger partial charge in [-0.1, -0.05) is 72.8 Å². The summed E-state index contributed by atoms with van der Waals surface area (Å²) in [6.07, 6.45) is 0. The molecule has 0 spiro atoms. The van der Waals surface area contributed by atoms with Gasteiger partial charge in [0, 0.05) is 0 Å². The minimum absolute atomic E-state index is 0.0408. The van der Waals surface area contributed by atoms with Crippen molar-refractivity contribution >= 4 is 5.84 Å². The zero-order valence-electron chi connectivity index (χ0n) is 15.9. The number of nitrogens with zero attached hydrogens (tertiary/aromatic N) is 1. The van der Waals surface area contributed by atoms with Crippen LogP contribution in [0.3, 0.4) is 0 Å². The normalized spacial score (nSPS) is 18.4. The number of ether oxygens (including phenoxy) is 2. The summed E-state index contributed by atoms with van der Waals surface area (Å²) >= 11 is 0. The summed E-state index contributed by atoms with van der Waals surface area (Å²) in [6.45, 7) is 0.966. The first kappa shape index (κ1) is 18.3. The monoisotopic (exact) mass is 372 g/mol. The number of aliphatic imine (C=N–C) groups is 1. The first-order valence-corrected chi connectivity index (χ1v) is 9.47. The molecule has 0 saturated carbocycles. The van der Waals surface area contributed by atoms with Crippen molar-refractivity contribution in [3.63, 3.8) is 0 Å². The SMILES string of the molecule is COc1cccc(COCC2=NC(c3ccccc3)C(c3ccccc3)N2)c1. The van der Waals surface area contributed by atoms with E-state index in [1.807, 2.05) is 36.4 Å². The molecule has 1 heterocycles. The molecule has 4 nitrogen and oxygen atoms in total. The molecule has 0 radical (unpaired) electrons. The van der Waals surface area contributed by atoms with Crippen molar-refractivity contribution in [3.05, 3.63) is 102 Å². The predicted octanol–water partition coefficient (Wildman–Crippen LogP) is 4.70. The number of benzene rings is 3. The molecule has 0 amide bonds. The molecule has 3 aromatic carbocycles. The molecule has 28 heavy (non-hydrogen) atoms. The third kappa shape index (κ3) is 4.24. The Morgan fingerprint density at radius 3 is 2.25 bits per heavy atom. The van der Waals surface area contributed by atoms with Gasteiger partial charge in [0.05, 0.1) is 19.8 Å². The third-order valence-corrected chi connectivity index (χ3v) is 4.87. The quantitative estimate of drug-likeness (QED) is 0.654.